The molecule has 0 N–H and O–H groups in total. The van der Waals surface area contributed by atoms with Gasteiger partial charge in [-0.05, 0) is 35.8 Å². The van der Waals surface area contributed by atoms with Gasteiger partial charge in [0.2, 0.25) is 0 Å². The zero-order chi connectivity index (χ0) is 15.1. The average Bonchev–Trinajstić information content (AvgIpc) is 2.96. The molecule has 0 bridgehead atoms. The van der Waals surface area contributed by atoms with Gasteiger partial charge in [-0.3, -0.25) is 0 Å². The number of rotatable bonds is 3. The van der Waals surface area contributed by atoms with Crippen LogP contribution in [0, 0.1) is 12.7 Å². The van der Waals surface area contributed by atoms with Crippen LogP contribution in [0.15, 0.2) is 22.0 Å². The van der Waals surface area contributed by atoms with Gasteiger partial charge in [0, 0.05) is 11.4 Å². The summed E-state index contributed by atoms with van der Waals surface area (Å²) in [6.45, 7) is 4.40. The molecule has 1 atom stereocenters. The van der Waals surface area contributed by atoms with Crippen molar-refractivity contribution < 1.29 is 4.39 Å². The fraction of sp³-hybridized carbons (Fsp3) is 0.286. The van der Waals surface area contributed by atoms with Crippen molar-refractivity contribution in [2.75, 3.05) is 0 Å². The van der Waals surface area contributed by atoms with Crippen molar-refractivity contribution in [1.82, 2.24) is 14.5 Å². The largest absolute Gasteiger partial charge is 0.321 e. The molecule has 0 saturated carbocycles. The fourth-order valence-electron chi connectivity index (χ4n) is 2.25. The van der Waals surface area contributed by atoms with Gasteiger partial charge in [-0.15, -0.1) is 22.9 Å². The lowest BCUT2D eigenvalue weighted by Gasteiger charge is -2.09. The summed E-state index contributed by atoms with van der Waals surface area (Å²) < 4.78 is 16.1. The van der Waals surface area contributed by atoms with E-state index in [0.717, 1.165) is 22.0 Å². The quantitative estimate of drug-likeness (QED) is 0.588. The van der Waals surface area contributed by atoms with Crippen LogP contribution < -0.4 is 0 Å². The highest BCUT2D eigenvalue weighted by molar-refractivity contribution is 9.10. The van der Waals surface area contributed by atoms with Crippen molar-refractivity contribution in [1.29, 1.82) is 0 Å². The second-order valence-electron chi connectivity index (χ2n) is 4.79. The van der Waals surface area contributed by atoms with Crippen molar-refractivity contribution in [2.45, 2.75) is 25.8 Å². The number of nitrogens with zero attached hydrogens (tertiary/aromatic N) is 3. The van der Waals surface area contributed by atoms with Crippen molar-refractivity contribution >= 4 is 49.9 Å². The number of alkyl halides is 1. The number of aromatic nitrogens is 3. The van der Waals surface area contributed by atoms with Gasteiger partial charge in [0.25, 0.3) is 0 Å². The maximum atomic E-state index is 13.7. The summed E-state index contributed by atoms with van der Waals surface area (Å²) >= 11 is 11.1. The Labute approximate surface area is 138 Å². The van der Waals surface area contributed by atoms with Crippen LogP contribution in [0.4, 0.5) is 4.39 Å². The van der Waals surface area contributed by atoms with Crippen LogP contribution in [0.2, 0.25) is 0 Å². The van der Waals surface area contributed by atoms with E-state index in [0.29, 0.717) is 16.5 Å². The van der Waals surface area contributed by atoms with E-state index in [9.17, 15) is 4.39 Å². The third-order valence-corrected chi connectivity index (χ3v) is 4.79. The Balaban J connectivity index is 2.17. The minimum absolute atomic E-state index is 0.265. The van der Waals surface area contributed by atoms with Gasteiger partial charge in [-0.1, -0.05) is 0 Å². The second kappa shape index (κ2) is 5.66. The van der Waals surface area contributed by atoms with E-state index < -0.39 is 0 Å². The Hall–Kier alpha value is -0.980. The number of fused-ring (bicyclic) bond motifs is 1. The minimum atomic E-state index is -0.328. The Morgan fingerprint density at radius 1 is 1.43 bits per heavy atom. The van der Waals surface area contributed by atoms with Gasteiger partial charge in [-0.2, -0.15) is 0 Å². The molecule has 2 aromatic heterocycles. The van der Waals surface area contributed by atoms with E-state index >= 15 is 0 Å². The monoisotopic (exact) mass is 387 g/mol. The fourth-order valence-corrected chi connectivity index (χ4v) is 3.35. The second-order valence-corrected chi connectivity index (χ2v) is 7.36. The molecule has 0 fully saturated rings. The van der Waals surface area contributed by atoms with Gasteiger partial charge >= 0.3 is 0 Å². The number of hydrogen-bond donors (Lipinski definition) is 0. The molecule has 0 spiro atoms. The molecule has 0 amide bonds. The molecule has 0 radical (unpaired) electrons. The van der Waals surface area contributed by atoms with E-state index in [-0.39, 0.29) is 11.2 Å². The molecule has 3 rings (SSSR count). The first-order chi connectivity index (χ1) is 9.95. The maximum absolute atomic E-state index is 13.7. The highest BCUT2D eigenvalue weighted by Crippen LogP contribution is 2.29. The third-order valence-electron chi connectivity index (χ3n) is 3.16. The molecule has 0 saturated heterocycles. The van der Waals surface area contributed by atoms with Gasteiger partial charge < -0.3 is 4.57 Å². The Morgan fingerprint density at radius 3 is 2.81 bits per heavy atom. The molecule has 7 heteroatoms. The highest BCUT2D eigenvalue weighted by atomic mass is 79.9. The predicted molar refractivity (Wildman–Crippen MR) is 87.6 cm³/mol. The van der Waals surface area contributed by atoms with Crippen molar-refractivity contribution in [2.24, 2.45) is 0 Å². The lowest BCUT2D eigenvalue weighted by molar-refractivity contribution is 0.622. The molecular formula is C14H12BrClFN3S. The van der Waals surface area contributed by atoms with Crippen molar-refractivity contribution in [3.63, 3.8) is 0 Å². The van der Waals surface area contributed by atoms with Gasteiger partial charge in [0.1, 0.15) is 11.6 Å². The van der Waals surface area contributed by atoms with E-state index in [2.05, 4.69) is 25.9 Å². The first kappa shape index (κ1) is 14.9. The molecule has 1 unspecified atom stereocenters. The van der Waals surface area contributed by atoms with Crippen LogP contribution in [0.3, 0.4) is 0 Å². The molecule has 3 nitrogen and oxygen atoms in total. The van der Waals surface area contributed by atoms with E-state index in [1.165, 1.54) is 6.07 Å². The first-order valence-electron chi connectivity index (χ1n) is 6.36. The predicted octanol–water partition coefficient (Wildman–Crippen LogP) is 5.05. The summed E-state index contributed by atoms with van der Waals surface area (Å²) in [6, 6.07) is 3.16. The Bertz CT molecular complexity index is 812. The molecule has 0 aliphatic rings. The van der Waals surface area contributed by atoms with Crippen molar-refractivity contribution in [3.05, 3.63) is 44.3 Å². The molecule has 0 aliphatic heterocycles. The minimum Gasteiger partial charge on any atom is -0.321 e. The van der Waals surface area contributed by atoms with Gasteiger partial charge in [-0.25, -0.2) is 14.4 Å². The zero-order valence-corrected chi connectivity index (χ0v) is 14.6. The number of aryl methyl sites for hydroxylation is 1. The standard InChI is InChI=1S/C14H12BrClFN3S/c1-7(16)14-19-12-4-11(17)10(15)3-13(12)20(14)5-9-6-21-8(2)18-9/h3-4,6-7H,5H2,1-2H3. The summed E-state index contributed by atoms with van der Waals surface area (Å²) in [4.78, 5) is 8.94. The van der Waals surface area contributed by atoms with Crippen LogP contribution in [-0.4, -0.2) is 14.5 Å². The normalized spacial score (nSPS) is 13.0. The summed E-state index contributed by atoms with van der Waals surface area (Å²) in [5, 5.41) is 2.77. The number of hydrogen-bond acceptors (Lipinski definition) is 3. The third kappa shape index (κ3) is 2.84. The summed E-state index contributed by atoms with van der Waals surface area (Å²) in [7, 11) is 0. The van der Waals surface area contributed by atoms with Gasteiger partial charge in [0.15, 0.2) is 0 Å². The van der Waals surface area contributed by atoms with Crippen molar-refractivity contribution in [3.8, 4) is 0 Å². The highest BCUT2D eigenvalue weighted by Gasteiger charge is 2.17. The zero-order valence-electron chi connectivity index (χ0n) is 11.4. The van der Waals surface area contributed by atoms with Crippen LogP contribution >= 0.6 is 38.9 Å². The molecule has 2 heterocycles. The summed E-state index contributed by atoms with van der Waals surface area (Å²) in [5.41, 5.74) is 2.40. The Morgan fingerprint density at radius 2 is 2.19 bits per heavy atom. The van der Waals surface area contributed by atoms with E-state index in [1.807, 2.05) is 23.8 Å². The number of imidazole rings is 1. The molecule has 0 aliphatic carbocycles. The lowest BCUT2D eigenvalue weighted by Crippen LogP contribution is -2.06. The molecule has 1 aromatic carbocycles. The maximum Gasteiger partial charge on any atom is 0.139 e. The van der Waals surface area contributed by atoms with E-state index in [4.69, 9.17) is 11.6 Å². The molecular weight excluding hydrogens is 377 g/mol. The molecule has 110 valence electrons. The lowest BCUT2D eigenvalue weighted by atomic mass is 10.3. The first-order valence-corrected chi connectivity index (χ1v) is 8.47. The molecule has 3 aromatic rings. The number of halogens is 3. The van der Waals surface area contributed by atoms with Gasteiger partial charge in [0.05, 0.1) is 38.1 Å². The SMILES string of the molecule is Cc1nc(Cn2c(C(C)Cl)nc3cc(F)c(Br)cc32)cs1. The summed E-state index contributed by atoms with van der Waals surface area (Å²) in [6.07, 6.45) is 0. The van der Waals surface area contributed by atoms with Crippen LogP contribution in [-0.2, 0) is 6.54 Å². The van der Waals surface area contributed by atoms with E-state index in [1.54, 1.807) is 17.4 Å². The summed E-state index contributed by atoms with van der Waals surface area (Å²) in [5.74, 6) is 0.389. The topological polar surface area (TPSA) is 30.7 Å². The number of thiazole rings is 1. The Kier molecular flexibility index (Phi) is 4.03. The molecule has 21 heavy (non-hydrogen) atoms. The van der Waals surface area contributed by atoms with Crippen LogP contribution in [0.1, 0.15) is 28.8 Å². The smallest absolute Gasteiger partial charge is 0.139 e. The average molecular weight is 389 g/mol. The van der Waals surface area contributed by atoms with Crippen LogP contribution in [0.5, 0.6) is 0 Å². The number of benzene rings is 1. The van der Waals surface area contributed by atoms with Crippen LogP contribution in [0.25, 0.3) is 11.0 Å².